The maximum absolute atomic E-state index is 12.0. The Kier molecular flexibility index (Phi) is 5.37. The molecule has 1 saturated carbocycles. The molecule has 0 radical (unpaired) electrons. The molecule has 21 heavy (non-hydrogen) atoms. The fraction of sp³-hybridized carbons (Fsp3) is 0.588. The van der Waals surface area contributed by atoms with E-state index in [4.69, 9.17) is 4.74 Å². The molecule has 0 bridgehead atoms. The number of carboxylic acids is 1. The summed E-state index contributed by atoms with van der Waals surface area (Å²) in [6.07, 6.45) is 4.18. The molecule has 0 spiro atoms. The second kappa shape index (κ2) is 7.05. The lowest BCUT2D eigenvalue weighted by Crippen LogP contribution is -2.52. The first-order valence-corrected chi connectivity index (χ1v) is 7.73. The standard InChI is InChI=1S/C17H25NO3/c1-13(2)18-17(16(19)20,14-7-4-3-5-8-14)11-12-21-15-9-6-10-15/h3-5,7-8,13,15,18H,6,9-12H2,1-2H3,(H,19,20). The van der Waals surface area contributed by atoms with Crippen molar-refractivity contribution in [3.8, 4) is 0 Å². The predicted octanol–water partition coefficient (Wildman–Crippen LogP) is 2.92. The highest BCUT2D eigenvalue weighted by molar-refractivity contribution is 5.80. The van der Waals surface area contributed by atoms with Crippen LogP contribution in [0.1, 0.15) is 45.1 Å². The average molecular weight is 291 g/mol. The van der Waals surface area contributed by atoms with Gasteiger partial charge >= 0.3 is 5.97 Å². The van der Waals surface area contributed by atoms with Gasteiger partial charge in [-0.2, -0.15) is 0 Å². The van der Waals surface area contributed by atoms with Crippen molar-refractivity contribution in [2.45, 2.75) is 57.2 Å². The zero-order valence-electron chi connectivity index (χ0n) is 12.8. The van der Waals surface area contributed by atoms with Gasteiger partial charge in [-0.3, -0.25) is 5.32 Å². The lowest BCUT2D eigenvalue weighted by atomic mass is 9.86. The third kappa shape index (κ3) is 3.83. The topological polar surface area (TPSA) is 58.6 Å². The van der Waals surface area contributed by atoms with Crippen molar-refractivity contribution in [2.24, 2.45) is 0 Å². The van der Waals surface area contributed by atoms with Crippen LogP contribution >= 0.6 is 0 Å². The lowest BCUT2D eigenvalue weighted by Gasteiger charge is -2.34. The van der Waals surface area contributed by atoms with E-state index in [0.29, 0.717) is 19.1 Å². The van der Waals surface area contributed by atoms with Gasteiger partial charge in [-0.1, -0.05) is 30.3 Å². The van der Waals surface area contributed by atoms with Gasteiger partial charge in [-0.25, -0.2) is 4.79 Å². The predicted molar refractivity (Wildman–Crippen MR) is 82.2 cm³/mol. The monoisotopic (exact) mass is 291 g/mol. The Morgan fingerprint density at radius 1 is 1.38 bits per heavy atom. The van der Waals surface area contributed by atoms with E-state index in [1.54, 1.807) is 0 Å². The van der Waals surface area contributed by atoms with E-state index in [0.717, 1.165) is 18.4 Å². The summed E-state index contributed by atoms with van der Waals surface area (Å²) in [4.78, 5) is 12.0. The quantitative estimate of drug-likeness (QED) is 0.773. The second-order valence-corrected chi connectivity index (χ2v) is 6.05. The molecule has 1 aliphatic rings. The molecule has 0 aromatic heterocycles. The summed E-state index contributed by atoms with van der Waals surface area (Å²) in [6.45, 7) is 4.40. The Balaban J connectivity index is 2.15. The number of benzene rings is 1. The summed E-state index contributed by atoms with van der Waals surface area (Å²) in [5.41, 5.74) is -0.303. The highest BCUT2D eigenvalue weighted by atomic mass is 16.5. The summed E-state index contributed by atoms with van der Waals surface area (Å²) in [5.74, 6) is -0.848. The molecule has 1 aromatic carbocycles. The molecule has 0 saturated heterocycles. The van der Waals surface area contributed by atoms with Crippen LogP contribution in [-0.2, 0) is 15.1 Å². The van der Waals surface area contributed by atoms with Crippen molar-refractivity contribution in [1.29, 1.82) is 0 Å². The van der Waals surface area contributed by atoms with Crippen LogP contribution in [-0.4, -0.2) is 29.8 Å². The molecule has 1 aromatic rings. The molecular weight excluding hydrogens is 266 g/mol. The molecule has 1 aliphatic carbocycles. The van der Waals surface area contributed by atoms with Crippen LogP contribution in [0.15, 0.2) is 30.3 Å². The van der Waals surface area contributed by atoms with E-state index < -0.39 is 11.5 Å². The molecule has 2 N–H and O–H groups in total. The van der Waals surface area contributed by atoms with Gasteiger partial charge in [-0.05, 0) is 38.7 Å². The van der Waals surface area contributed by atoms with Gasteiger partial charge in [0.05, 0.1) is 6.10 Å². The number of rotatable bonds is 8. The highest BCUT2D eigenvalue weighted by Gasteiger charge is 2.40. The summed E-state index contributed by atoms with van der Waals surface area (Å²) in [5, 5.41) is 13.1. The van der Waals surface area contributed by atoms with E-state index >= 15 is 0 Å². The van der Waals surface area contributed by atoms with Crippen molar-refractivity contribution >= 4 is 5.97 Å². The SMILES string of the molecule is CC(C)NC(CCOC1CCC1)(C(=O)O)c1ccccc1. The molecule has 116 valence electrons. The third-order valence-corrected chi connectivity index (χ3v) is 4.05. The second-order valence-electron chi connectivity index (χ2n) is 6.05. The molecule has 0 amide bonds. The van der Waals surface area contributed by atoms with Crippen LogP contribution < -0.4 is 5.32 Å². The summed E-state index contributed by atoms with van der Waals surface area (Å²) >= 11 is 0. The first-order chi connectivity index (χ1) is 10.0. The van der Waals surface area contributed by atoms with Gasteiger partial charge in [0.25, 0.3) is 0 Å². The van der Waals surface area contributed by atoms with Gasteiger partial charge < -0.3 is 9.84 Å². The third-order valence-electron chi connectivity index (χ3n) is 4.05. The van der Waals surface area contributed by atoms with Crippen LogP contribution in [0.5, 0.6) is 0 Å². The normalized spacial score (nSPS) is 18.2. The minimum atomic E-state index is -1.08. The fourth-order valence-electron chi connectivity index (χ4n) is 2.72. The molecular formula is C17H25NO3. The molecule has 2 rings (SSSR count). The maximum atomic E-state index is 12.0. The zero-order chi connectivity index (χ0) is 15.3. The first-order valence-electron chi connectivity index (χ1n) is 7.73. The lowest BCUT2D eigenvalue weighted by molar-refractivity contribution is -0.147. The molecule has 4 heteroatoms. The van der Waals surface area contributed by atoms with E-state index in [1.165, 1.54) is 6.42 Å². The van der Waals surface area contributed by atoms with Gasteiger partial charge in [0, 0.05) is 19.1 Å². The smallest absolute Gasteiger partial charge is 0.328 e. The first kappa shape index (κ1) is 16.0. The van der Waals surface area contributed by atoms with E-state index in [9.17, 15) is 9.90 Å². The molecule has 0 aliphatic heterocycles. The highest BCUT2D eigenvalue weighted by Crippen LogP contribution is 2.28. The minimum Gasteiger partial charge on any atom is -0.480 e. The van der Waals surface area contributed by atoms with Crippen molar-refractivity contribution < 1.29 is 14.6 Å². The number of nitrogens with one attached hydrogen (secondary N) is 1. The minimum absolute atomic E-state index is 0.0741. The van der Waals surface area contributed by atoms with Gasteiger partial charge in [0.2, 0.25) is 0 Å². The van der Waals surface area contributed by atoms with Crippen molar-refractivity contribution in [2.75, 3.05) is 6.61 Å². The van der Waals surface area contributed by atoms with Crippen LogP contribution in [0.4, 0.5) is 0 Å². The number of hydrogen-bond donors (Lipinski definition) is 2. The molecule has 1 atom stereocenters. The Bertz CT molecular complexity index is 456. The molecule has 4 nitrogen and oxygen atoms in total. The van der Waals surface area contributed by atoms with E-state index in [2.05, 4.69) is 5.32 Å². The number of carboxylic acid groups (broad SMARTS) is 1. The Hall–Kier alpha value is -1.39. The fourth-order valence-corrected chi connectivity index (χ4v) is 2.72. The van der Waals surface area contributed by atoms with Gasteiger partial charge in [0.15, 0.2) is 0 Å². The van der Waals surface area contributed by atoms with Crippen LogP contribution in [0.25, 0.3) is 0 Å². The summed E-state index contributed by atoms with van der Waals surface area (Å²) in [6, 6.07) is 9.46. The number of ether oxygens (including phenoxy) is 1. The van der Waals surface area contributed by atoms with Crippen LogP contribution in [0.2, 0.25) is 0 Å². The van der Waals surface area contributed by atoms with E-state index in [1.807, 2.05) is 44.2 Å². The summed E-state index contributed by atoms with van der Waals surface area (Å²) < 4.78 is 5.78. The van der Waals surface area contributed by atoms with Crippen LogP contribution in [0, 0.1) is 0 Å². The Morgan fingerprint density at radius 3 is 2.52 bits per heavy atom. The summed E-state index contributed by atoms with van der Waals surface area (Å²) in [7, 11) is 0. The largest absolute Gasteiger partial charge is 0.480 e. The van der Waals surface area contributed by atoms with Crippen molar-refractivity contribution in [3.05, 3.63) is 35.9 Å². The van der Waals surface area contributed by atoms with E-state index in [-0.39, 0.29) is 6.04 Å². The molecule has 0 heterocycles. The Morgan fingerprint density at radius 2 is 2.05 bits per heavy atom. The number of hydrogen-bond acceptors (Lipinski definition) is 3. The van der Waals surface area contributed by atoms with Gasteiger partial charge in [0.1, 0.15) is 5.54 Å². The average Bonchev–Trinajstić information content (AvgIpc) is 2.40. The number of carbonyl (C=O) groups is 1. The van der Waals surface area contributed by atoms with Gasteiger partial charge in [-0.15, -0.1) is 0 Å². The van der Waals surface area contributed by atoms with Crippen molar-refractivity contribution in [1.82, 2.24) is 5.32 Å². The van der Waals surface area contributed by atoms with Crippen molar-refractivity contribution in [3.63, 3.8) is 0 Å². The Labute approximate surface area is 126 Å². The number of aliphatic carboxylic acids is 1. The van der Waals surface area contributed by atoms with Crippen LogP contribution in [0.3, 0.4) is 0 Å². The maximum Gasteiger partial charge on any atom is 0.328 e. The molecule has 1 fully saturated rings. The molecule has 1 unspecified atom stereocenters. The zero-order valence-corrected chi connectivity index (χ0v) is 12.8.